The molecule has 1 aromatic carbocycles. The Balaban J connectivity index is 1.54. The number of nitrogens with zero attached hydrogens (tertiary/aromatic N) is 2. The van der Waals surface area contributed by atoms with Gasteiger partial charge >= 0.3 is 12.2 Å². The van der Waals surface area contributed by atoms with Crippen LogP contribution in [-0.4, -0.2) is 54.3 Å². The molecule has 0 aliphatic carbocycles. The van der Waals surface area contributed by atoms with Crippen LogP contribution < -0.4 is 0 Å². The van der Waals surface area contributed by atoms with Gasteiger partial charge in [0.05, 0.1) is 12.6 Å². The lowest BCUT2D eigenvalue weighted by Crippen LogP contribution is -2.41. The first-order valence-electron chi connectivity index (χ1n) is 8.08. The molecule has 2 amide bonds. The molecule has 6 heteroatoms. The van der Waals surface area contributed by atoms with Crippen LogP contribution in [0, 0.1) is 5.92 Å². The van der Waals surface area contributed by atoms with Crippen LogP contribution in [0.2, 0.25) is 0 Å². The summed E-state index contributed by atoms with van der Waals surface area (Å²) in [5, 5.41) is 0. The number of hydrogen-bond acceptors (Lipinski definition) is 4. The molecule has 2 fully saturated rings. The van der Waals surface area contributed by atoms with E-state index in [1.807, 2.05) is 30.3 Å². The summed E-state index contributed by atoms with van der Waals surface area (Å²) >= 11 is 0. The molecule has 0 saturated carbocycles. The molecule has 2 unspecified atom stereocenters. The fourth-order valence-corrected chi connectivity index (χ4v) is 3.35. The maximum Gasteiger partial charge on any atom is 0.410 e. The van der Waals surface area contributed by atoms with E-state index in [2.05, 4.69) is 0 Å². The van der Waals surface area contributed by atoms with Gasteiger partial charge in [-0.15, -0.1) is 0 Å². The first-order chi connectivity index (χ1) is 11.2. The maximum absolute atomic E-state index is 12.3. The monoisotopic (exact) mass is 318 g/mol. The summed E-state index contributed by atoms with van der Waals surface area (Å²) < 4.78 is 10.5. The number of ether oxygens (including phenoxy) is 2. The van der Waals surface area contributed by atoms with Crippen LogP contribution in [0.5, 0.6) is 0 Å². The Hall–Kier alpha value is -2.24. The Morgan fingerprint density at radius 1 is 1.13 bits per heavy atom. The third-order valence-corrected chi connectivity index (χ3v) is 4.51. The summed E-state index contributed by atoms with van der Waals surface area (Å²) in [6.45, 7) is 4.32. The van der Waals surface area contributed by atoms with Crippen molar-refractivity contribution in [2.24, 2.45) is 5.92 Å². The lowest BCUT2D eigenvalue weighted by molar-refractivity contribution is 0.0860. The van der Waals surface area contributed by atoms with Gasteiger partial charge < -0.3 is 19.3 Å². The molecule has 2 heterocycles. The molecule has 2 atom stereocenters. The van der Waals surface area contributed by atoms with Gasteiger partial charge in [0.15, 0.2) is 0 Å². The van der Waals surface area contributed by atoms with Crippen molar-refractivity contribution in [1.29, 1.82) is 0 Å². The normalized spacial score (nSPS) is 22.8. The molecule has 2 aliphatic rings. The van der Waals surface area contributed by atoms with Crippen molar-refractivity contribution in [3.8, 4) is 0 Å². The predicted octanol–water partition coefficient (Wildman–Crippen LogP) is 2.49. The molecule has 3 rings (SSSR count). The minimum Gasteiger partial charge on any atom is -0.450 e. The molecule has 0 bridgehead atoms. The molecule has 0 radical (unpaired) electrons. The van der Waals surface area contributed by atoms with E-state index in [-0.39, 0.29) is 24.8 Å². The molecule has 2 aliphatic heterocycles. The molecule has 23 heavy (non-hydrogen) atoms. The standard InChI is InChI=1S/C17H22N2O4/c1-2-22-16(20)18-10-14-8-9-19(15(14)11-18)17(21)23-12-13-6-4-3-5-7-13/h3-7,14-15H,2,8-12H2,1H3. The van der Waals surface area contributed by atoms with E-state index in [9.17, 15) is 9.59 Å². The van der Waals surface area contributed by atoms with Gasteiger partial charge in [-0.05, 0) is 18.9 Å². The van der Waals surface area contributed by atoms with Gasteiger partial charge in [0, 0.05) is 25.6 Å². The third-order valence-electron chi connectivity index (χ3n) is 4.51. The second-order valence-electron chi connectivity index (χ2n) is 5.95. The van der Waals surface area contributed by atoms with Gasteiger partial charge in [0.2, 0.25) is 0 Å². The molecule has 0 N–H and O–H groups in total. The van der Waals surface area contributed by atoms with E-state index in [1.54, 1.807) is 16.7 Å². The van der Waals surface area contributed by atoms with E-state index in [0.717, 1.165) is 12.0 Å². The summed E-state index contributed by atoms with van der Waals surface area (Å²) in [6.07, 6.45) is 0.313. The number of benzene rings is 1. The molecule has 0 spiro atoms. The number of likely N-dealkylation sites (tertiary alicyclic amines) is 2. The van der Waals surface area contributed by atoms with Crippen LogP contribution in [-0.2, 0) is 16.1 Å². The fraction of sp³-hybridized carbons (Fsp3) is 0.529. The van der Waals surface area contributed by atoms with Crippen LogP contribution >= 0.6 is 0 Å². The SMILES string of the molecule is CCOC(=O)N1CC2CCN(C(=O)OCc3ccccc3)C2C1. The summed E-state index contributed by atoms with van der Waals surface area (Å²) in [6, 6.07) is 9.67. The highest BCUT2D eigenvalue weighted by molar-refractivity contribution is 5.70. The summed E-state index contributed by atoms with van der Waals surface area (Å²) in [4.78, 5) is 27.6. The molecule has 6 nitrogen and oxygen atoms in total. The van der Waals surface area contributed by atoms with Crippen molar-refractivity contribution in [3.63, 3.8) is 0 Å². The van der Waals surface area contributed by atoms with Crippen LogP contribution in [0.3, 0.4) is 0 Å². The number of rotatable bonds is 3. The number of amides is 2. The second kappa shape index (κ2) is 6.89. The molecular formula is C17H22N2O4. The zero-order chi connectivity index (χ0) is 16.2. The summed E-state index contributed by atoms with van der Waals surface area (Å²) in [5.41, 5.74) is 0.969. The molecule has 124 valence electrons. The van der Waals surface area contributed by atoms with Gasteiger partial charge in [-0.1, -0.05) is 30.3 Å². The maximum atomic E-state index is 12.3. The Morgan fingerprint density at radius 3 is 2.65 bits per heavy atom. The van der Waals surface area contributed by atoms with E-state index < -0.39 is 0 Å². The minimum absolute atomic E-state index is 0.0441. The van der Waals surface area contributed by atoms with Crippen molar-refractivity contribution in [2.45, 2.75) is 26.0 Å². The van der Waals surface area contributed by atoms with Crippen LogP contribution in [0.25, 0.3) is 0 Å². The minimum atomic E-state index is -0.299. The number of carbonyl (C=O) groups excluding carboxylic acids is 2. The van der Waals surface area contributed by atoms with E-state index in [1.165, 1.54) is 0 Å². The van der Waals surface area contributed by atoms with Gasteiger partial charge in [-0.2, -0.15) is 0 Å². The zero-order valence-corrected chi connectivity index (χ0v) is 13.3. The van der Waals surface area contributed by atoms with Gasteiger partial charge in [-0.25, -0.2) is 9.59 Å². The van der Waals surface area contributed by atoms with Gasteiger partial charge in [-0.3, -0.25) is 0 Å². The Labute approximate surface area is 136 Å². The molecular weight excluding hydrogens is 296 g/mol. The second-order valence-corrected chi connectivity index (χ2v) is 5.95. The van der Waals surface area contributed by atoms with Crippen LogP contribution in [0.4, 0.5) is 9.59 Å². The highest BCUT2D eigenvalue weighted by Gasteiger charge is 2.45. The lowest BCUT2D eigenvalue weighted by atomic mass is 10.1. The Kier molecular flexibility index (Phi) is 4.69. The highest BCUT2D eigenvalue weighted by Crippen LogP contribution is 2.32. The average Bonchev–Trinajstić information content (AvgIpc) is 3.14. The van der Waals surface area contributed by atoms with Crippen molar-refractivity contribution in [1.82, 2.24) is 9.80 Å². The number of fused-ring (bicyclic) bond motifs is 1. The topological polar surface area (TPSA) is 59.1 Å². The Morgan fingerprint density at radius 2 is 1.91 bits per heavy atom. The largest absolute Gasteiger partial charge is 0.450 e. The first-order valence-corrected chi connectivity index (χ1v) is 8.08. The van der Waals surface area contributed by atoms with E-state index in [0.29, 0.717) is 32.2 Å². The summed E-state index contributed by atoms with van der Waals surface area (Å²) in [7, 11) is 0. The fourth-order valence-electron chi connectivity index (χ4n) is 3.35. The van der Waals surface area contributed by atoms with Gasteiger partial charge in [0.1, 0.15) is 6.61 Å². The smallest absolute Gasteiger partial charge is 0.410 e. The molecule has 0 aromatic heterocycles. The van der Waals surface area contributed by atoms with Crippen LogP contribution in [0.1, 0.15) is 18.9 Å². The average molecular weight is 318 g/mol. The highest BCUT2D eigenvalue weighted by atomic mass is 16.6. The van der Waals surface area contributed by atoms with Crippen molar-refractivity contribution >= 4 is 12.2 Å². The quantitative estimate of drug-likeness (QED) is 0.859. The Bertz CT molecular complexity index is 563. The van der Waals surface area contributed by atoms with Gasteiger partial charge in [0.25, 0.3) is 0 Å². The van der Waals surface area contributed by atoms with E-state index in [4.69, 9.17) is 9.47 Å². The molecule has 2 saturated heterocycles. The first kappa shape index (κ1) is 15.6. The number of carbonyl (C=O) groups is 2. The number of hydrogen-bond donors (Lipinski definition) is 0. The van der Waals surface area contributed by atoms with Crippen molar-refractivity contribution in [3.05, 3.63) is 35.9 Å². The predicted molar refractivity (Wildman–Crippen MR) is 83.8 cm³/mol. The third kappa shape index (κ3) is 3.41. The van der Waals surface area contributed by atoms with Crippen molar-refractivity contribution in [2.75, 3.05) is 26.2 Å². The van der Waals surface area contributed by atoms with E-state index >= 15 is 0 Å². The van der Waals surface area contributed by atoms with Crippen molar-refractivity contribution < 1.29 is 19.1 Å². The lowest BCUT2D eigenvalue weighted by Gasteiger charge is -2.24. The summed E-state index contributed by atoms with van der Waals surface area (Å²) in [5.74, 6) is 0.323. The van der Waals surface area contributed by atoms with Crippen LogP contribution in [0.15, 0.2) is 30.3 Å². The zero-order valence-electron chi connectivity index (χ0n) is 13.3. The molecule has 1 aromatic rings.